The molecule has 0 fully saturated rings. The molecule has 0 saturated heterocycles. The van der Waals surface area contributed by atoms with E-state index in [9.17, 15) is 25.3 Å². The first kappa shape index (κ1) is 25.9. The number of hydrogen-bond acceptors (Lipinski definition) is 6. The van der Waals surface area contributed by atoms with Crippen molar-refractivity contribution in [2.24, 2.45) is 0 Å². The lowest BCUT2D eigenvalue weighted by atomic mass is 10.0. The van der Waals surface area contributed by atoms with E-state index in [0.717, 1.165) is 0 Å². The van der Waals surface area contributed by atoms with Crippen LogP contribution in [-0.2, 0) is 29.5 Å². The molecule has 3 aromatic carbocycles. The Labute approximate surface area is 201 Å². The first-order valence-corrected chi connectivity index (χ1v) is 15.3. The van der Waals surface area contributed by atoms with E-state index in [1.54, 1.807) is 54.6 Å². The molecule has 0 bridgehead atoms. The zero-order valence-corrected chi connectivity index (χ0v) is 20.9. The lowest BCUT2D eigenvalue weighted by Crippen LogP contribution is -2.40. The van der Waals surface area contributed by atoms with Crippen molar-refractivity contribution in [3.63, 3.8) is 0 Å². The van der Waals surface area contributed by atoms with Crippen LogP contribution in [0.15, 0.2) is 118 Å². The maximum absolute atomic E-state index is 13.7. The third-order valence-corrected chi connectivity index (χ3v) is 11.8. The molecule has 3 aromatic rings. The smallest absolute Gasteiger partial charge is 0.187 e. The van der Waals surface area contributed by atoms with Crippen molar-refractivity contribution in [2.45, 2.75) is 32.3 Å². The summed E-state index contributed by atoms with van der Waals surface area (Å²) in [6.45, 7) is 3.70. The van der Waals surface area contributed by atoms with Gasteiger partial charge in [-0.3, -0.25) is 0 Å². The molecule has 6 nitrogen and oxygen atoms in total. The molecule has 0 spiro atoms. The number of hydrogen-bond donors (Lipinski definition) is 0. The molecule has 0 amide bonds. The van der Waals surface area contributed by atoms with E-state index in [2.05, 4.69) is 6.58 Å². The molecule has 0 radical (unpaired) electrons. The van der Waals surface area contributed by atoms with Gasteiger partial charge in [-0.25, -0.2) is 25.3 Å². The van der Waals surface area contributed by atoms with Crippen molar-refractivity contribution in [2.75, 3.05) is 11.5 Å². The minimum Gasteiger partial charge on any atom is -0.224 e. The summed E-state index contributed by atoms with van der Waals surface area (Å²) in [7, 11) is -11.8. The molecule has 0 N–H and O–H groups in total. The Hall–Kier alpha value is -2.75. The number of rotatable bonds is 11. The van der Waals surface area contributed by atoms with Gasteiger partial charge < -0.3 is 0 Å². The standard InChI is InChI=1S/C25H26O6S3/c1-2-25(34(30,31)24-16-10-5-11-17-24,18-20-32(26,27)22-12-6-3-7-13-22)19-21-33(28,29)23-14-8-4-9-15-23/h2-17H,1,18-21H2. The first-order chi connectivity index (χ1) is 16.0. The summed E-state index contributed by atoms with van der Waals surface area (Å²) in [5.74, 6) is -0.971. The first-order valence-electron chi connectivity index (χ1n) is 10.5. The summed E-state index contributed by atoms with van der Waals surface area (Å²) < 4.78 is 77.4. The van der Waals surface area contributed by atoms with Crippen LogP contribution in [0, 0.1) is 0 Å². The van der Waals surface area contributed by atoms with Crippen LogP contribution in [0.4, 0.5) is 0 Å². The van der Waals surface area contributed by atoms with E-state index < -0.39 is 45.8 Å². The quantitative estimate of drug-likeness (QED) is 0.354. The molecule has 0 saturated carbocycles. The molecule has 0 aliphatic rings. The third kappa shape index (κ3) is 5.48. The van der Waals surface area contributed by atoms with Gasteiger partial charge in [-0.1, -0.05) is 60.7 Å². The summed E-state index contributed by atoms with van der Waals surface area (Å²) in [4.78, 5) is 0.119. The summed E-state index contributed by atoms with van der Waals surface area (Å²) >= 11 is 0. The Morgan fingerprint density at radius 1 is 0.559 bits per heavy atom. The molecule has 3 rings (SSSR count). The van der Waals surface area contributed by atoms with Crippen LogP contribution in [0.25, 0.3) is 0 Å². The molecule has 34 heavy (non-hydrogen) atoms. The Balaban J connectivity index is 2.01. The van der Waals surface area contributed by atoms with E-state index in [4.69, 9.17) is 0 Å². The van der Waals surface area contributed by atoms with E-state index in [-0.39, 0.29) is 27.5 Å². The molecule has 9 heteroatoms. The molecule has 0 heterocycles. The minimum absolute atomic E-state index is 0.0240. The van der Waals surface area contributed by atoms with Gasteiger partial charge >= 0.3 is 0 Å². The van der Waals surface area contributed by atoms with Crippen molar-refractivity contribution in [3.8, 4) is 0 Å². The Bertz CT molecular complexity index is 1360. The van der Waals surface area contributed by atoms with Crippen LogP contribution in [0.3, 0.4) is 0 Å². The molecular weight excluding hydrogens is 492 g/mol. The lowest BCUT2D eigenvalue weighted by molar-refractivity contribution is 0.527. The van der Waals surface area contributed by atoms with Crippen LogP contribution >= 0.6 is 0 Å². The SMILES string of the molecule is C=CC(CCS(=O)(=O)c1ccccc1)(CCS(=O)(=O)c1ccccc1)S(=O)(=O)c1ccccc1. The summed E-state index contributed by atoms with van der Waals surface area (Å²) in [5.41, 5.74) is 0. The lowest BCUT2D eigenvalue weighted by Gasteiger charge is -2.30. The van der Waals surface area contributed by atoms with Gasteiger partial charge in [0.25, 0.3) is 0 Å². The van der Waals surface area contributed by atoms with E-state index >= 15 is 0 Å². The highest BCUT2D eigenvalue weighted by atomic mass is 32.2. The van der Waals surface area contributed by atoms with E-state index in [1.165, 1.54) is 42.5 Å². The van der Waals surface area contributed by atoms with Gasteiger partial charge in [-0.15, -0.1) is 6.58 Å². The fourth-order valence-electron chi connectivity index (χ4n) is 3.65. The fourth-order valence-corrected chi connectivity index (χ4v) is 8.73. The van der Waals surface area contributed by atoms with Crippen molar-refractivity contribution in [1.29, 1.82) is 0 Å². The largest absolute Gasteiger partial charge is 0.224 e. The Morgan fingerprint density at radius 2 is 0.882 bits per heavy atom. The third-order valence-electron chi connectivity index (χ3n) is 5.75. The predicted molar refractivity (Wildman–Crippen MR) is 133 cm³/mol. The normalized spacial score (nSPS) is 12.8. The number of sulfone groups is 3. The van der Waals surface area contributed by atoms with Gasteiger partial charge in [0.1, 0.15) is 0 Å². The summed E-state index contributed by atoms with van der Waals surface area (Å²) in [5, 5.41) is 0. The van der Waals surface area contributed by atoms with E-state index in [0.29, 0.717) is 0 Å². The monoisotopic (exact) mass is 518 g/mol. The summed E-state index contributed by atoms with van der Waals surface area (Å²) in [6.07, 6.45) is 0.501. The van der Waals surface area contributed by atoms with Gasteiger partial charge in [0, 0.05) is 0 Å². The maximum Gasteiger partial charge on any atom is 0.187 e. The zero-order chi connectivity index (χ0) is 24.9. The maximum atomic E-state index is 13.7. The molecule has 0 unspecified atom stereocenters. The van der Waals surface area contributed by atoms with Crippen molar-refractivity contribution >= 4 is 29.5 Å². The van der Waals surface area contributed by atoms with Crippen molar-refractivity contribution < 1.29 is 25.3 Å². The Morgan fingerprint density at radius 3 is 1.21 bits per heavy atom. The molecule has 0 aliphatic heterocycles. The Kier molecular flexibility index (Phi) is 7.80. The van der Waals surface area contributed by atoms with Gasteiger partial charge in [0.2, 0.25) is 0 Å². The number of benzene rings is 3. The predicted octanol–water partition coefficient (Wildman–Crippen LogP) is 4.11. The highest BCUT2D eigenvalue weighted by molar-refractivity contribution is 7.94. The van der Waals surface area contributed by atoms with Crippen LogP contribution < -0.4 is 0 Å². The van der Waals surface area contributed by atoms with Crippen molar-refractivity contribution in [1.82, 2.24) is 0 Å². The van der Waals surface area contributed by atoms with E-state index in [1.807, 2.05) is 0 Å². The van der Waals surface area contributed by atoms with Gasteiger partial charge in [-0.2, -0.15) is 0 Å². The van der Waals surface area contributed by atoms with Crippen molar-refractivity contribution in [3.05, 3.63) is 104 Å². The van der Waals surface area contributed by atoms with Gasteiger partial charge in [-0.05, 0) is 49.2 Å². The second-order valence-corrected chi connectivity index (χ2v) is 14.4. The average molecular weight is 519 g/mol. The fraction of sp³-hybridized carbons (Fsp3) is 0.200. The molecule has 0 aliphatic carbocycles. The van der Waals surface area contributed by atoms with Gasteiger partial charge in [0.05, 0.1) is 30.9 Å². The second-order valence-electron chi connectivity index (χ2n) is 7.85. The van der Waals surface area contributed by atoms with Gasteiger partial charge in [0.15, 0.2) is 29.5 Å². The van der Waals surface area contributed by atoms with Crippen LogP contribution in [0.1, 0.15) is 12.8 Å². The minimum atomic E-state index is -4.17. The topological polar surface area (TPSA) is 102 Å². The van der Waals surface area contributed by atoms with Crippen LogP contribution in [-0.4, -0.2) is 41.5 Å². The van der Waals surface area contributed by atoms with Crippen LogP contribution in [0.2, 0.25) is 0 Å². The molecule has 0 aromatic heterocycles. The molecule has 0 atom stereocenters. The highest BCUT2D eigenvalue weighted by Crippen LogP contribution is 2.35. The second kappa shape index (κ2) is 10.2. The molecular formula is C25H26O6S3. The average Bonchev–Trinajstić information content (AvgIpc) is 2.86. The molecule has 180 valence electrons. The summed E-state index contributed by atoms with van der Waals surface area (Å²) in [6, 6.07) is 23.1. The zero-order valence-electron chi connectivity index (χ0n) is 18.4. The van der Waals surface area contributed by atoms with Crippen LogP contribution in [0.5, 0.6) is 0 Å². The highest BCUT2D eigenvalue weighted by Gasteiger charge is 2.43.